The summed E-state index contributed by atoms with van der Waals surface area (Å²) in [6.45, 7) is 3.42. The first-order valence-electron chi connectivity index (χ1n) is 3.08. The monoisotopic (exact) mass is 145 g/mol. The third kappa shape index (κ3) is 7.10. The second-order valence-corrected chi connectivity index (χ2v) is 1.57. The number of hydrogen-bond acceptors (Lipinski definition) is 3. The van der Waals surface area contributed by atoms with E-state index in [2.05, 4.69) is 4.99 Å². The van der Waals surface area contributed by atoms with Crippen molar-refractivity contribution in [2.24, 2.45) is 4.99 Å². The summed E-state index contributed by atoms with van der Waals surface area (Å²) in [4.78, 5) is 13.4. The summed E-state index contributed by atoms with van der Waals surface area (Å²) in [6.07, 6.45) is 0.874. The lowest BCUT2D eigenvalue weighted by Crippen LogP contribution is -2.00. The Morgan fingerprint density at radius 2 is 2.50 bits per heavy atom. The summed E-state index contributed by atoms with van der Waals surface area (Å²) in [5.41, 5.74) is 0. The summed E-state index contributed by atoms with van der Waals surface area (Å²) >= 11 is 0. The van der Waals surface area contributed by atoms with Gasteiger partial charge in [-0.1, -0.05) is 0 Å². The van der Waals surface area contributed by atoms with Crippen LogP contribution in [0.3, 0.4) is 0 Å². The Balaban J connectivity index is 3.10. The SMILES string of the molecule is CCOCCN=CC(=O)O. The third-order valence-corrected chi connectivity index (χ3v) is 0.771. The maximum atomic E-state index is 9.84. The van der Waals surface area contributed by atoms with Gasteiger partial charge in [0, 0.05) is 6.61 Å². The predicted octanol–water partition coefficient (Wildman–Crippen LogP) is 0.178. The highest BCUT2D eigenvalue weighted by Gasteiger charge is 1.85. The third-order valence-electron chi connectivity index (χ3n) is 0.771. The maximum absolute atomic E-state index is 9.84. The molecule has 10 heavy (non-hydrogen) atoms. The topological polar surface area (TPSA) is 58.9 Å². The summed E-state index contributed by atoms with van der Waals surface area (Å²) in [7, 11) is 0. The molecule has 0 aliphatic carbocycles. The van der Waals surface area contributed by atoms with Gasteiger partial charge in [-0.25, -0.2) is 4.79 Å². The molecular weight excluding hydrogens is 134 g/mol. The Kier molecular flexibility index (Phi) is 5.66. The van der Waals surface area contributed by atoms with Gasteiger partial charge in [0.15, 0.2) is 0 Å². The Morgan fingerprint density at radius 1 is 1.80 bits per heavy atom. The van der Waals surface area contributed by atoms with Crippen LogP contribution < -0.4 is 0 Å². The average molecular weight is 145 g/mol. The number of aliphatic imine (C=N–C) groups is 1. The lowest BCUT2D eigenvalue weighted by atomic mass is 10.6. The molecule has 4 nitrogen and oxygen atoms in total. The Hall–Kier alpha value is -0.900. The van der Waals surface area contributed by atoms with Crippen molar-refractivity contribution in [3.05, 3.63) is 0 Å². The largest absolute Gasteiger partial charge is 0.477 e. The van der Waals surface area contributed by atoms with Crippen molar-refractivity contribution in [1.29, 1.82) is 0 Å². The number of hydrogen-bond donors (Lipinski definition) is 1. The smallest absolute Gasteiger partial charge is 0.346 e. The highest BCUT2D eigenvalue weighted by Crippen LogP contribution is 1.73. The second kappa shape index (κ2) is 6.22. The minimum absolute atomic E-state index is 0.417. The fraction of sp³-hybridized carbons (Fsp3) is 0.667. The highest BCUT2D eigenvalue weighted by atomic mass is 16.5. The molecule has 0 amide bonds. The summed E-state index contributed by atoms with van der Waals surface area (Å²) in [5, 5.41) is 8.08. The minimum atomic E-state index is -1.02. The molecule has 0 radical (unpaired) electrons. The average Bonchev–Trinajstić information content (AvgIpc) is 1.87. The molecule has 0 rings (SSSR count). The van der Waals surface area contributed by atoms with Crippen molar-refractivity contribution >= 4 is 12.2 Å². The van der Waals surface area contributed by atoms with Crippen LogP contribution >= 0.6 is 0 Å². The normalized spacial score (nSPS) is 10.5. The molecule has 0 atom stereocenters. The molecule has 0 saturated carbocycles. The van der Waals surface area contributed by atoms with Gasteiger partial charge in [0.1, 0.15) is 6.21 Å². The first-order valence-corrected chi connectivity index (χ1v) is 3.08. The van der Waals surface area contributed by atoms with Crippen molar-refractivity contribution in [3.8, 4) is 0 Å². The number of ether oxygens (including phenoxy) is 1. The van der Waals surface area contributed by atoms with Crippen LogP contribution in [0.4, 0.5) is 0 Å². The molecule has 0 fully saturated rings. The summed E-state index contributed by atoms with van der Waals surface area (Å²) in [6, 6.07) is 0. The van der Waals surface area contributed by atoms with Gasteiger partial charge in [-0.05, 0) is 6.92 Å². The van der Waals surface area contributed by atoms with E-state index < -0.39 is 5.97 Å². The first kappa shape index (κ1) is 9.10. The fourth-order valence-corrected chi connectivity index (χ4v) is 0.404. The van der Waals surface area contributed by atoms with E-state index in [9.17, 15) is 4.79 Å². The van der Waals surface area contributed by atoms with Crippen LogP contribution in [0, 0.1) is 0 Å². The molecule has 0 aromatic carbocycles. The van der Waals surface area contributed by atoms with Gasteiger partial charge in [-0.2, -0.15) is 0 Å². The maximum Gasteiger partial charge on any atom is 0.346 e. The number of carbonyl (C=O) groups is 1. The molecule has 0 unspecified atom stereocenters. The molecular formula is C6H11NO3. The summed E-state index contributed by atoms with van der Waals surface area (Å²) in [5.74, 6) is -1.02. The van der Waals surface area contributed by atoms with Crippen molar-refractivity contribution in [2.75, 3.05) is 19.8 Å². The van der Waals surface area contributed by atoms with Gasteiger partial charge < -0.3 is 9.84 Å². The van der Waals surface area contributed by atoms with Gasteiger partial charge in [-0.3, -0.25) is 4.99 Å². The lowest BCUT2D eigenvalue weighted by molar-refractivity contribution is -0.128. The van der Waals surface area contributed by atoms with Crippen LogP contribution in [-0.4, -0.2) is 37.0 Å². The van der Waals surface area contributed by atoms with E-state index in [1.165, 1.54) is 0 Å². The zero-order valence-corrected chi connectivity index (χ0v) is 5.91. The van der Waals surface area contributed by atoms with Gasteiger partial charge in [0.05, 0.1) is 13.2 Å². The molecule has 0 saturated heterocycles. The van der Waals surface area contributed by atoms with Crippen molar-refractivity contribution < 1.29 is 14.6 Å². The quantitative estimate of drug-likeness (QED) is 0.443. The van der Waals surface area contributed by atoms with Gasteiger partial charge in [0.25, 0.3) is 0 Å². The minimum Gasteiger partial charge on any atom is -0.477 e. The van der Waals surface area contributed by atoms with Gasteiger partial charge in [0.2, 0.25) is 0 Å². The number of nitrogens with zero attached hydrogens (tertiary/aromatic N) is 1. The Bertz CT molecular complexity index is 122. The van der Waals surface area contributed by atoms with E-state index in [1.807, 2.05) is 6.92 Å². The van der Waals surface area contributed by atoms with Crippen molar-refractivity contribution in [1.82, 2.24) is 0 Å². The molecule has 0 spiro atoms. The van der Waals surface area contributed by atoms with E-state index >= 15 is 0 Å². The Labute approximate surface area is 59.5 Å². The lowest BCUT2D eigenvalue weighted by Gasteiger charge is -1.93. The molecule has 0 aromatic heterocycles. The molecule has 0 bridgehead atoms. The van der Waals surface area contributed by atoms with Crippen LogP contribution in [0.15, 0.2) is 4.99 Å². The van der Waals surface area contributed by atoms with Crippen LogP contribution in [0.2, 0.25) is 0 Å². The van der Waals surface area contributed by atoms with Crippen LogP contribution in [0.5, 0.6) is 0 Å². The van der Waals surface area contributed by atoms with Crippen molar-refractivity contribution in [2.45, 2.75) is 6.92 Å². The second-order valence-electron chi connectivity index (χ2n) is 1.57. The molecule has 1 N–H and O–H groups in total. The predicted molar refractivity (Wildman–Crippen MR) is 37.5 cm³/mol. The van der Waals surface area contributed by atoms with Gasteiger partial charge >= 0.3 is 5.97 Å². The first-order chi connectivity index (χ1) is 4.77. The number of rotatable bonds is 5. The zero-order valence-electron chi connectivity index (χ0n) is 5.91. The van der Waals surface area contributed by atoms with Crippen molar-refractivity contribution in [3.63, 3.8) is 0 Å². The van der Waals surface area contributed by atoms with E-state index in [4.69, 9.17) is 9.84 Å². The van der Waals surface area contributed by atoms with Crippen LogP contribution in [0.25, 0.3) is 0 Å². The number of carboxylic acids is 1. The molecule has 0 aromatic rings. The molecule has 4 heteroatoms. The van der Waals surface area contributed by atoms with Crippen LogP contribution in [-0.2, 0) is 9.53 Å². The highest BCUT2D eigenvalue weighted by molar-refractivity contribution is 6.21. The van der Waals surface area contributed by atoms with E-state index in [-0.39, 0.29) is 0 Å². The van der Waals surface area contributed by atoms with E-state index in [0.717, 1.165) is 6.21 Å². The number of carboxylic acid groups (broad SMARTS) is 1. The molecule has 0 aliphatic heterocycles. The number of aliphatic carboxylic acids is 1. The standard InChI is InChI=1S/C6H11NO3/c1-2-10-4-3-7-5-6(8)9/h5H,2-4H2,1H3,(H,8,9). The van der Waals surface area contributed by atoms with E-state index in [1.54, 1.807) is 0 Å². The molecule has 58 valence electrons. The van der Waals surface area contributed by atoms with E-state index in [0.29, 0.717) is 19.8 Å². The molecule has 0 aliphatic rings. The van der Waals surface area contributed by atoms with Gasteiger partial charge in [-0.15, -0.1) is 0 Å². The van der Waals surface area contributed by atoms with Crippen LogP contribution in [0.1, 0.15) is 6.92 Å². The molecule has 0 heterocycles. The Morgan fingerprint density at radius 3 is 3.00 bits per heavy atom. The fourth-order valence-electron chi connectivity index (χ4n) is 0.404. The summed E-state index contributed by atoms with van der Waals surface area (Å²) < 4.78 is 4.91. The zero-order chi connectivity index (χ0) is 7.82.